The van der Waals surface area contributed by atoms with Crippen LogP contribution in [0.5, 0.6) is 0 Å². The molecule has 1 aliphatic rings. The molecule has 0 radical (unpaired) electrons. The van der Waals surface area contributed by atoms with E-state index in [1.165, 1.54) is 0 Å². The van der Waals surface area contributed by atoms with Crippen molar-refractivity contribution in [3.63, 3.8) is 0 Å². The minimum atomic E-state index is -0.568. The number of alkyl halides is 2. The van der Waals surface area contributed by atoms with Crippen LogP contribution in [-0.2, 0) is 0 Å². The van der Waals surface area contributed by atoms with Crippen LogP contribution in [0, 0.1) is 0 Å². The molecule has 0 aromatic rings. The Morgan fingerprint density at radius 3 is 2.56 bits per heavy atom. The summed E-state index contributed by atoms with van der Waals surface area (Å²) in [6.07, 6.45) is 7.42. The van der Waals surface area contributed by atoms with Crippen molar-refractivity contribution in [2.24, 2.45) is 5.73 Å². The van der Waals surface area contributed by atoms with Crippen LogP contribution < -0.4 is 5.73 Å². The third-order valence-electron chi connectivity index (χ3n) is 1.19. The molecule has 0 bridgehead atoms. The Bertz CT molecular complexity index is 162. The van der Waals surface area contributed by atoms with E-state index in [1.807, 2.05) is 24.3 Å². The van der Waals surface area contributed by atoms with Crippen LogP contribution in [0.4, 0.5) is 0 Å². The lowest BCUT2D eigenvalue weighted by Gasteiger charge is -2.22. The third-order valence-corrected chi connectivity index (χ3v) is 2.36. The number of allylic oxidation sites excluding steroid dienone is 2. The van der Waals surface area contributed by atoms with Crippen molar-refractivity contribution in [2.45, 2.75) is 9.83 Å². The van der Waals surface area contributed by atoms with Gasteiger partial charge in [-0.05, 0) is 0 Å². The molecule has 0 fully saturated rings. The highest BCUT2D eigenvalue weighted by Gasteiger charge is 2.27. The number of halogens is 2. The monoisotopic (exact) mass is 207 g/mol. The normalized spacial score (nSPS) is 41.4. The molecule has 50 valence electrons. The summed E-state index contributed by atoms with van der Waals surface area (Å²) in [4.78, 5) is 0. The van der Waals surface area contributed by atoms with Gasteiger partial charge in [-0.15, -0.1) is 0 Å². The summed E-state index contributed by atoms with van der Waals surface area (Å²) in [5, 5.41) is 0. The largest absolute Gasteiger partial charge is 0.322 e. The second-order valence-corrected chi connectivity index (χ2v) is 4.34. The molecular formula is C6H7BrClN. The molecule has 0 saturated heterocycles. The first kappa shape index (κ1) is 7.32. The molecule has 9 heavy (non-hydrogen) atoms. The second kappa shape index (κ2) is 2.45. The van der Waals surface area contributed by atoms with Gasteiger partial charge in [-0.3, -0.25) is 0 Å². The van der Waals surface area contributed by atoms with Crippen LogP contribution in [0.3, 0.4) is 0 Å². The van der Waals surface area contributed by atoms with Crippen LogP contribution in [-0.4, -0.2) is 9.83 Å². The minimum Gasteiger partial charge on any atom is -0.322 e. The maximum atomic E-state index is 5.88. The zero-order valence-corrected chi connectivity index (χ0v) is 7.06. The van der Waals surface area contributed by atoms with Crippen molar-refractivity contribution < 1.29 is 0 Å². The number of rotatable bonds is 0. The van der Waals surface area contributed by atoms with Gasteiger partial charge in [-0.25, -0.2) is 0 Å². The van der Waals surface area contributed by atoms with Gasteiger partial charge >= 0.3 is 0 Å². The van der Waals surface area contributed by atoms with Gasteiger partial charge < -0.3 is 5.73 Å². The van der Waals surface area contributed by atoms with E-state index in [-0.39, 0.29) is 6.04 Å². The predicted molar refractivity (Wildman–Crippen MR) is 43.8 cm³/mol. The topological polar surface area (TPSA) is 26.0 Å². The van der Waals surface area contributed by atoms with Crippen molar-refractivity contribution in [2.75, 3.05) is 0 Å². The standard InChI is InChI=1S/C6H7BrClN/c7-6(8)4-2-1-3-5(6)9/h1-5H,9H2. The molecule has 2 atom stereocenters. The van der Waals surface area contributed by atoms with Crippen molar-refractivity contribution in [3.05, 3.63) is 24.3 Å². The average Bonchev–Trinajstić information content (AvgIpc) is 1.77. The Morgan fingerprint density at radius 1 is 1.56 bits per heavy atom. The Balaban J connectivity index is 2.78. The first-order valence-corrected chi connectivity index (χ1v) is 3.79. The molecular weight excluding hydrogens is 201 g/mol. The molecule has 3 heteroatoms. The van der Waals surface area contributed by atoms with Gasteiger partial charge in [0.15, 0.2) is 0 Å². The fraction of sp³-hybridized carbons (Fsp3) is 0.333. The molecule has 0 aromatic heterocycles. The minimum absolute atomic E-state index is 0.135. The van der Waals surface area contributed by atoms with Gasteiger partial charge in [-0.2, -0.15) is 0 Å². The van der Waals surface area contributed by atoms with Crippen LogP contribution in [0.2, 0.25) is 0 Å². The van der Waals surface area contributed by atoms with E-state index < -0.39 is 3.78 Å². The van der Waals surface area contributed by atoms with Crippen LogP contribution in [0.1, 0.15) is 0 Å². The molecule has 1 aliphatic carbocycles. The molecule has 0 saturated carbocycles. The second-order valence-electron chi connectivity index (χ2n) is 1.94. The Kier molecular flexibility index (Phi) is 1.99. The van der Waals surface area contributed by atoms with E-state index in [9.17, 15) is 0 Å². The summed E-state index contributed by atoms with van der Waals surface area (Å²) in [7, 11) is 0. The summed E-state index contributed by atoms with van der Waals surface area (Å²) >= 11 is 9.14. The number of hydrogen-bond acceptors (Lipinski definition) is 1. The quantitative estimate of drug-likeness (QED) is 0.603. The van der Waals surface area contributed by atoms with Crippen LogP contribution >= 0.6 is 27.5 Å². The molecule has 1 rings (SSSR count). The molecule has 2 N–H and O–H groups in total. The predicted octanol–water partition coefficient (Wildman–Crippen LogP) is 1.77. The maximum Gasteiger partial charge on any atom is 0.136 e. The molecule has 2 unspecified atom stereocenters. The zero-order valence-electron chi connectivity index (χ0n) is 4.72. The van der Waals surface area contributed by atoms with E-state index in [0.29, 0.717) is 0 Å². The summed E-state index contributed by atoms with van der Waals surface area (Å²) < 4.78 is -0.568. The van der Waals surface area contributed by atoms with E-state index in [4.69, 9.17) is 17.3 Å². The van der Waals surface area contributed by atoms with E-state index in [2.05, 4.69) is 15.9 Å². The fourth-order valence-electron chi connectivity index (χ4n) is 0.607. The first-order chi connectivity index (χ1) is 4.13. The summed E-state index contributed by atoms with van der Waals surface area (Å²) in [6, 6.07) is -0.135. The average molecular weight is 208 g/mol. The smallest absolute Gasteiger partial charge is 0.136 e. The lowest BCUT2D eigenvalue weighted by atomic mass is 10.1. The van der Waals surface area contributed by atoms with E-state index in [1.54, 1.807) is 0 Å². The van der Waals surface area contributed by atoms with E-state index >= 15 is 0 Å². The van der Waals surface area contributed by atoms with Crippen molar-refractivity contribution >= 4 is 27.5 Å². The van der Waals surface area contributed by atoms with E-state index in [0.717, 1.165) is 0 Å². The Hall–Kier alpha value is 0.210. The SMILES string of the molecule is NC1C=CC=CC1(Cl)Br. The van der Waals surface area contributed by atoms with Gasteiger partial charge in [0.1, 0.15) is 3.78 Å². The number of nitrogens with two attached hydrogens (primary N) is 1. The molecule has 0 amide bonds. The van der Waals surface area contributed by atoms with Crippen LogP contribution in [0.15, 0.2) is 24.3 Å². The van der Waals surface area contributed by atoms with Gasteiger partial charge in [0.05, 0.1) is 6.04 Å². The van der Waals surface area contributed by atoms with Gasteiger partial charge in [-0.1, -0.05) is 51.8 Å². The highest BCUT2D eigenvalue weighted by atomic mass is 79.9. The first-order valence-electron chi connectivity index (χ1n) is 2.62. The maximum absolute atomic E-state index is 5.88. The lowest BCUT2D eigenvalue weighted by molar-refractivity contribution is 0.801. The molecule has 0 aliphatic heterocycles. The Labute approximate surface area is 67.7 Å². The van der Waals surface area contributed by atoms with Gasteiger partial charge in [0, 0.05) is 0 Å². The Morgan fingerprint density at radius 2 is 2.22 bits per heavy atom. The van der Waals surface area contributed by atoms with Gasteiger partial charge in [0.25, 0.3) is 0 Å². The highest BCUT2D eigenvalue weighted by Crippen LogP contribution is 2.30. The fourth-order valence-corrected chi connectivity index (χ4v) is 1.06. The van der Waals surface area contributed by atoms with Crippen LogP contribution in [0.25, 0.3) is 0 Å². The summed E-state index contributed by atoms with van der Waals surface area (Å²) in [6.45, 7) is 0. The third kappa shape index (κ3) is 1.57. The van der Waals surface area contributed by atoms with Gasteiger partial charge in [0.2, 0.25) is 0 Å². The zero-order chi connectivity index (χ0) is 6.91. The summed E-state index contributed by atoms with van der Waals surface area (Å²) in [5.41, 5.74) is 5.60. The molecule has 1 nitrogen and oxygen atoms in total. The summed E-state index contributed by atoms with van der Waals surface area (Å²) in [5.74, 6) is 0. The molecule has 0 spiro atoms. The van der Waals surface area contributed by atoms with Crippen molar-refractivity contribution in [1.82, 2.24) is 0 Å². The highest BCUT2D eigenvalue weighted by molar-refractivity contribution is 9.10. The molecule has 0 aromatic carbocycles. The molecule has 0 heterocycles. The van der Waals surface area contributed by atoms with Crippen molar-refractivity contribution in [3.8, 4) is 0 Å². The van der Waals surface area contributed by atoms with Crippen molar-refractivity contribution in [1.29, 1.82) is 0 Å². The number of hydrogen-bond donors (Lipinski definition) is 1. The lowest BCUT2D eigenvalue weighted by Crippen LogP contribution is -2.36.